The monoisotopic (exact) mass is 203 g/mol. The number of ether oxygens (including phenoxy) is 1. The summed E-state index contributed by atoms with van der Waals surface area (Å²) in [6, 6.07) is 0. The summed E-state index contributed by atoms with van der Waals surface area (Å²) in [5, 5.41) is 19.8. The molecule has 0 aromatic rings. The van der Waals surface area contributed by atoms with E-state index in [9.17, 15) is 20.0 Å². The molecule has 0 aliphatic carbocycles. The Kier molecular flexibility index (Phi) is 4.23. The van der Waals surface area contributed by atoms with Crippen molar-refractivity contribution in [3.05, 3.63) is 21.9 Å². The largest absolute Gasteiger partial charge is 0.469 e. The number of nitro groups is 1. The Morgan fingerprint density at radius 1 is 1.71 bits per heavy atom. The van der Waals surface area contributed by atoms with E-state index in [0.29, 0.717) is 6.20 Å². The first-order valence-electron chi connectivity index (χ1n) is 3.91. The molecule has 0 aliphatic rings. The molecule has 0 bridgehead atoms. The van der Waals surface area contributed by atoms with Crippen molar-refractivity contribution in [2.45, 2.75) is 25.9 Å². The minimum absolute atomic E-state index is 0.105. The lowest BCUT2D eigenvalue weighted by molar-refractivity contribution is -0.404. The first kappa shape index (κ1) is 12.6. The van der Waals surface area contributed by atoms with E-state index in [1.807, 2.05) is 0 Å². The Morgan fingerprint density at radius 3 is 2.57 bits per heavy atom. The van der Waals surface area contributed by atoms with E-state index >= 15 is 0 Å². The van der Waals surface area contributed by atoms with Gasteiger partial charge in [0.2, 0.25) is 6.20 Å². The van der Waals surface area contributed by atoms with Gasteiger partial charge in [0.25, 0.3) is 0 Å². The van der Waals surface area contributed by atoms with Crippen LogP contribution in [0.4, 0.5) is 0 Å². The summed E-state index contributed by atoms with van der Waals surface area (Å²) in [6.45, 7) is 2.70. The van der Waals surface area contributed by atoms with E-state index < -0.39 is 16.5 Å². The Bertz CT molecular complexity index is 269. The predicted molar refractivity (Wildman–Crippen MR) is 48.0 cm³/mol. The molecule has 1 N–H and O–H groups in total. The maximum absolute atomic E-state index is 10.8. The molecule has 0 fully saturated rings. The van der Waals surface area contributed by atoms with Crippen LogP contribution in [-0.2, 0) is 9.53 Å². The zero-order valence-electron chi connectivity index (χ0n) is 8.31. The van der Waals surface area contributed by atoms with Gasteiger partial charge >= 0.3 is 5.97 Å². The van der Waals surface area contributed by atoms with Crippen LogP contribution in [0.1, 0.15) is 20.3 Å². The van der Waals surface area contributed by atoms with Gasteiger partial charge in [-0.25, -0.2) is 0 Å². The fourth-order valence-corrected chi connectivity index (χ4v) is 0.790. The van der Waals surface area contributed by atoms with Crippen LogP contribution in [0.5, 0.6) is 0 Å². The Morgan fingerprint density at radius 2 is 2.21 bits per heavy atom. The molecule has 1 unspecified atom stereocenters. The van der Waals surface area contributed by atoms with Crippen molar-refractivity contribution >= 4 is 5.97 Å². The van der Waals surface area contributed by atoms with Crippen molar-refractivity contribution in [1.82, 2.24) is 0 Å². The number of rotatable bonds is 4. The SMILES string of the molecule is COC(=O)CC(C)(O)/C(C)=C/[N+](=O)[O-]. The van der Waals surface area contributed by atoms with Gasteiger partial charge in [0.15, 0.2) is 0 Å². The molecule has 80 valence electrons. The Hall–Kier alpha value is -1.43. The van der Waals surface area contributed by atoms with E-state index in [4.69, 9.17) is 0 Å². The molecule has 6 nitrogen and oxygen atoms in total. The van der Waals surface area contributed by atoms with Crippen molar-refractivity contribution in [2.75, 3.05) is 7.11 Å². The molecule has 14 heavy (non-hydrogen) atoms. The summed E-state index contributed by atoms with van der Waals surface area (Å²) in [6.07, 6.45) is 0.364. The van der Waals surface area contributed by atoms with Crippen LogP contribution in [0.15, 0.2) is 11.8 Å². The van der Waals surface area contributed by atoms with Crippen molar-refractivity contribution in [1.29, 1.82) is 0 Å². The normalized spacial score (nSPS) is 15.9. The van der Waals surface area contributed by atoms with Crippen molar-refractivity contribution in [3.63, 3.8) is 0 Å². The van der Waals surface area contributed by atoms with Gasteiger partial charge < -0.3 is 9.84 Å². The van der Waals surface area contributed by atoms with Crippen LogP contribution in [0, 0.1) is 10.1 Å². The molecule has 0 saturated heterocycles. The third kappa shape index (κ3) is 3.99. The van der Waals surface area contributed by atoms with Gasteiger partial charge in [0.05, 0.1) is 24.1 Å². The van der Waals surface area contributed by atoms with Crippen LogP contribution in [-0.4, -0.2) is 28.7 Å². The van der Waals surface area contributed by atoms with Crippen LogP contribution >= 0.6 is 0 Å². The first-order valence-corrected chi connectivity index (χ1v) is 3.91. The second-order valence-electron chi connectivity index (χ2n) is 3.12. The third-order valence-electron chi connectivity index (χ3n) is 1.86. The van der Waals surface area contributed by atoms with Gasteiger partial charge in [0.1, 0.15) is 0 Å². The molecular formula is C8H13NO5. The molecule has 1 atom stereocenters. The molecule has 0 heterocycles. The number of methoxy groups -OCH3 is 1. The second-order valence-corrected chi connectivity index (χ2v) is 3.12. The average molecular weight is 203 g/mol. The minimum Gasteiger partial charge on any atom is -0.469 e. The highest BCUT2D eigenvalue weighted by Gasteiger charge is 2.28. The summed E-state index contributed by atoms with van der Waals surface area (Å²) in [5.41, 5.74) is -1.44. The maximum Gasteiger partial charge on any atom is 0.308 e. The third-order valence-corrected chi connectivity index (χ3v) is 1.86. The molecule has 0 rings (SSSR count). The standard InChI is InChI=1S/C8H13NO5/c1-6(5-9(12)13)8(2,11)4-7(10)14-3/h5,11H,4H2,1-3H3/b6-5+. The molecular weight excluding hydrogens is 190 g/mol. The summed E-state index contributed by atoms with van der Waals surface area (Å²) < 4.78 is 4.35. The fraction of sp³-hybridized carbons (Fsp3) is 0.625. The number of hydrogen-bond donors (Lipinski definition) is 1. The summed E-state index contributed by atoms with van der Waals surface area (Å²) in [5.74, 6) is -0.619. The number of hydrogen-bond acceptors (Lipinski definition) is 5. The lowest BCUT2D eigenvalue weighted by atomic mass is 9.94. The van der Waals surface area contributed by atoms with Crippen LogP contribution in [0.3, 0.4) is 0 Å². The number of carbonyl (C=O) groups excluding carboxylic acids is 1. The summed E-state index contributed by atoms with van der Waals surface area (Å²) in [7, 11) is 1.19. The van der Waals surface area contributed by atoms with E-state index in [1.165, 1.54) is 21.0 Å². The molecule has 0 aromatic carbocycles. The van der Waals surface area contributed by atoms with E-state index in [2.05, 4.69) is 4.74 Å². The zero-order chi connectivity index (χ0) is 11.4. The highest BCUT2D eigenvalue weighted by molar-refractivity contribution is 5.71. The topological polar surface area (TPSA) is 89.7 Å². The lowest BCUT2D eigenvalue weighted by Gasteiger charge is -2.20. The van der Waals surface area contributed by atoms with Crippen LogP contribution in [0.2, 0.25) is 0 Å². The number of carbonyl (C=O) groups is 1. The smallest absolute Gasteiger partial charge is 0.308 e. The molecule has 0 aliphatic heterocycles. The number of esters is 1. The summed E-state index contributed by atoms with van der Waals surface area (Å²) in [4.78, 5) is 20.3. The van der Waals surface area contributed by atoms with Gasteiger partial charge in [-0.2, -0.15) is 0 Å². The van der Waals surface area contributed by atoms with Crippen molar-refractivity contribution in [3.8, 4) is 0 Å². The quantitative estimate of drug-likeness (QED) is 0.407. The molecule has 0 saturated carbocycles. The van der Waals surface area contributed by atoms with E-state index in [0.717, 1.165) is 0 Å². The Labute approximate surface area is 81.3 Å². The van der Waals surface area contributed by atoms with Gasteiger partial charge in [-0.15, -0.1) is 0 Å². The summed E-state index contributed by atoms with van der Waals surface area (Å²) >= 11 is 0. The molecule has 0 amide bonds. The highest BCUT2D eigenvalue weighted by atomic mass is 16.6. The van der Waals surface area contributed by atoms with Gasteiger partial charge in [-0.1, -0.05) is 0 Å². The molecule has 0 spiro atoms. The Balaban J connectivity index is 4.60. The maximum atomic E-state index is 10.8. The minimum atomic E-state index is -1.54. The van der Waals surface area contributed by atoms with Gasteiger partial charge in [0, 0.05) is 5.57 Å². The van der Waals surface area contributed by atoms with Crippen molar-refractivity contribution in [2.24, 2.45) is 0 Å². The second kappa shape index (κ2) is 4.71. The number of aliphatic hydroxyl groups is 1. The molecule has 6 heteroatoms. The fourth-order valence-electron chi connectivity index (χ4n) is 0.790. The highest BCUT2D eigenvalue weighted by Crippen LogP contribution is 2.20. The van der Waals surface area contributed by atoms with Crippen LogP contribution < -0.4 is 0 Å². The molecule has 0 radical (unpaired) electrons. The zero-order valence-corrected chi connectivity index (χ0v) is 8.31. The number of nitrogens with zero attached hydrogens (tertiary/aromatic N) is 1. The lowest BCUT2D eigenvalue weighted by Crippen LogP contribution is -2.30. The van der Waals surface area contributed by atoms with E-state index in [1.54, 1.807) is 0 Å². The van der Waals surface area contributed by atoms with Gasteiger partial charge in [-0.05, 0) is 13.8 Å². The van der Waals surface area contributed by atoms with Crippen molar-refractivity contribution < 1.29 is 19.6 Å². The predicted octanol–water partition coefficient (Wildman–Crippen LogP) is 0.481. The van der Waals surface area contributed by atoms with Crippen LogP contribution in [0.25, 0.3) is 0 Å². The molecule has 0 aromatic heterocycles. The first-order chi connectivity index (χ1) is 6.29. The van der Waals surface area contributed by atoms with E-state index in [-0.39, 0.29) is 12.0 Å². The average Bonchev–Trinajstić information content (AvgIpc) is 2.02. The van der Waals surface area contributed by atoms with Gasteiger partial charge in [-0.3, -0.25) is 14.9 Å².